The fourth-order valence-corrected chi connectivity index (χ4v) is 3.93. The first-order chi connectivity index (χ1) is 13.6. The van der Waals surface area contributed by atoms with Crippen LogP contribution in [0.1, 0.15) is 36.5 Å². The van der Waals surface area contributed by atoms with E-state index in [-0.39, 0.29) is 11.0 Å². The second-order valence-corrected chi connectivity index (χ2v) is 7.81. The van der Waals surface area contributed by atoms with Crippen molar-refractivity contribution in [3.63, 3.8) is 0 Å². The molecule has 1 saturated heterocycles. The number of carbonyl (C=O) groups excluding carboxylic acids is 1. The standard InChI is InChI=1S/C21H24BrN3O2S/c1-2-27-19-11-10-15(14-16(19)22)20(26)24-21(28)23-17-8-4-5-9-18(17)25-12-6-3-7-13-25/h4-5,8-11,14H,2-3,6-7,12-13H2,1H3,(H2,23,24,26,28). The van der Waals surface area contributed by atoms with Crippen molar-refractivity contribution in [2.45, 2.75) is 26.2 Å². The van der Waals surface area contributed by atoms with Crippen molar-refractivity contribution in [2.75, 3.05) is 29.9 Å². The minimum atomic E-state index is -0.267. The Kier molecular flexibility index (Phi) is 7.28. The zero-order chi connectivity index (χ0) is 19.9. The summed E-state index contributed by atoms with van der Waals surface area (Å²) in [5.74, 6) is 0.437. The van der Waals surface area contributed by atoms with E-state index in [1.165, 1.54) is 19.3 Å². The van der Waals surface area contributed by atoms with Crippen LogP contribution in [-0.4, -0.2) is 30.7 Å². The number of hydrogen-bond donors (Lipinski definition) is 2. The van der Waals surface area contributed by atoms with Gasteiger partial charge in [0.2, 0.25) is 0 Å². The highest BCUT2D eigenvalue weighted by Gasteiger charge is 2.16. The molecule has 5 nitrogen and oxygen atoms in total. The summed E-state index contributed by atoms with van der Waals surface area (Å²) in [6, 6.07) is 13.3. The molecular weight excluding hydrogens is 438 g/mol. The monoisotopic (exact) mass is 461 g/mol. The fourth-order valence-electron chi connectivity index (χ4n) is 3.23. The Morgan fingerprint density at radius 2 is 1.93 bits per heavy atom. The topological polar surface area (TPSA) is 53.6 Å². The molecule has 2 aromatic rings. The van der Waals surface area contributed by atoms with Gasteiger partial charge in [0.15, 0.2) is 5.11 Å². The summed E-state index contributed by atoms with van der Waals surface area (Å²) < 4.78 is 6.21. The fraction of sp³-hybridized carbons (Fsp3) is 0.333. The molecule has 3 rings (SSSR count). The molecule has 1 fully saturated rings. The molecule has 1 amide bonds. The van der Waals surface area contributed by atoms with Gasteiger partial charge in [-0.25, -0.2) is 0 Å². The maximum atomic E-state index is 12.5. The number of rotatable bonds is 5. The van der Waals surface area contributed by atoms with Crippen LogP contribution in [0.5, 0.6) is 5.75 Å². The van der Waals surface area contributed by atoms with Crippen LogP contribution in [-0.2, 0) is 0 Å². The molecule has 0 aromatic heterocycles. The second-order valence-electron chi connectivity index (χ2n) is 6.55. The third kappa shape index (κ3) is 5.23. The molecule has 0 spiro atoms. The van der Waals surface area contributed by atoms with Gasteiger partial charge < -0.3 is 15.0 Å². The van der Waals surface area contributed by atoms with Crippen molar-refractivity contribution in [3.05, 3.63) is 52.5 Å². The Morgan fingerprint density at radius 1 is 1.18 bits per heavy atom. The highest BCUT2D eigenvalue weighted by molar-refractivity contribution is 9.10. The SMILES string of the molecule is CCOc1ccc(C(=O)NC(=S)Nc2ccccc2N2CCCCC2)cc1Br. The summed E-state index contributed by atoms with van der Waals surface area (Å²) in [7, 11) is 0. The van der Waals surface area contributed by atoms with Crippen LogP contribution in [0.15, 0.2) is 46.9 Å². The molecule has 2 aromatic carbocycles. The van der Waals surface area contributed by atoms with Crippen molar-refractivity contribution in [2.24, 2.45) is 0 Å². The Morgan fingerprint density at radius 3 is 2.64 bits per heavy atom. The summed E-state index contributed by atoms with van der Waals surface area (Å²) in [5, 5.41) is 6.21. The number of nitrogens with one attached hydrogen (secondary N) is 2. The summed E-state index contributed by atoms with van der Waals surface area (Å²) in [6.07, 6.45) is 3.67. The van der Waals surface area contributed by atoms with E-state index in [1.807, 2.05) is 25.1 Å². The van der Waals surface area contributed by atoms with Crippen molar-refractivity contribution in [1.82, 2.24) is 5.32 Å². The lowest BCUT2D eigenvalue weighted by Crippen LogP contribution is -2.35. The summed E-state index contributed by atoms with van der Waals surface area (Å²) in [4.78, 5) is 14.9. The van der Waals surface area contributed by atoms with Crippen LogP contribution >= 0.6 is 28.1 Å². The number of hydrogen-bond acceptors (Lipinski definition) is 4. The summed E-state index contributed by atoms with van der Waals surface area (Å²) >= 11 is 8.81. The van der Waals surface area contributed by atoms with Gasteiger partial charge in [-0.3, -0.25) is 10.1 Å². The van der Waals surface area contributed by atoms with E-state index in [0.717, 1.165) is 28.9 Å². The molecule has 1 aliphatic rings. The van der Waals surface area contributed by atoms with Gasteiger partial charge in [0.1, 0.15) is 5.75 Å². The Balaban J connectivity index is 1.66. The van der Waals surface area contributed by atoms with Crippen LogP contribution in [0.4, 0.5) is 11.4 Å². The van der Waals surface area contributed by atoms with Gasteiger partial charge in [0.25, 0.3) is 5.91 Å². The van der Waals surface area contributed by atoms with Crippen molar-refractivity contribution in [1.29, 1.82) is 0 Å². The number of ether oxygens (including phenoxy) is 1. The third-order valence-electron chi connectivity index (χ3n) is 4.57. The maximum absolute atomic E-state index is 12.5. The molecule has 0 unspecified atom stereocenters. The molecule has 0 radical (unpaired) electrons. The number of amides is 1. The van der Waals surface area contributed by atoms with E-state index < -0.39 is 0 Å². The molecule has 1 heterocycles. The Bertz CT molecular complexity index is 853. The summed E-state index contributed by atoms with van der Waals surface area (Å²) in [5.41, 5.74) is 2.52. The first-order valence-corrected chi connectivity index (χ1v) is 10.7. The number of benzene rings is 2. The van der Waals surface area contributed by atoms with Gasteiger partial charge in [0.05, 0.1) is 22.5 Å². The molecule has 2 N–H and O–H groups in total. The molecule has 7 heteroatoms. The van der Waals surface area contributed by atoms with Crippen LogP contribution in [0.3, 0.4) is 0 Å². The molecule has 28 heavy (non-hydrogen) atoms. The highest BCUT2D eigenvalue weighted by atomic mass is 79.9. The molecule has 148 valence electrons. The lowest BCUT2D eigenvalue weighted by molar-refractivity contribution is 0.0977. The van der Waals surface area contributed by atoms with Gasteiger partial charge in [-0.2, -0.15) is 0 Å². The van der Waals surface area contributed by atoms with E-state index in [1.54, 1.807) is 18.2 Å². The molecular formula is C21H24BrN3O2S. The molecule has 0 bridgehead atoms. The van der Waals surface area contributed by atoms with Crippen LogP contribution < -0.4 is 20.3 Å². The van der Waals surface area contributed by atoms with Gasteiger partial charge >= 0.3 is 0 Å². The maximum Gasteiger partial charge on any atom is 0.257 e. The van der Waals surface area contributed by atoms with E-state index in [4.69, 9.17) is 17.0 Å². The molecule has 0 aliphatic carbocycles. The summed E-state index contributed by atoms with van der Waals surface area (Å²) in [6.45, 7) is 4.56. The first-order valence-electron chi connectivity index (χ1n) is 9.47. The van der Waals surface area contributed by atoms with Gasteiger partial charge in [0, 0.05) is 18.7 Å². The zero-order valence-electron chi connectivity index (χ0n) is 15.8. The van der Waals surface area contributed by atoms with Crippen molar-refractivity contribution >= 4 is 50.5 Å². The normalized spacial score (nSPS) is 13.7. The van der Waals surface area contributed by atoms with Gasteiger partial charge in [-0.05, 0) is 84.7 Å². The number of nitrogens with zero attached hydrogens (tertiary/aromatic N) is 1. The number of anilines is 2. The van der Waals surface area contributed by atoms with Gasteiger partial charge in [-0.15, -0.1) is 0 Å². The van der Waals surface area contributed by atoms with E-state index in [2.05, 4.69) is 37.5 Å². The molecule has 1 aliphatic heterocycles. The number of piperidine rings is 1. The van der Waals surface area contributed by atoms with E-state index in [9.17, 15) is 4.79 Å². The van der Waals surface area contributed by atoms with Crippen LogP contribution in [0.25, 0.3) is 0 Å². The third-order valence-corrected chi connectivity index (χ3v) is 5.39. The second kappa shape index (κ2) is 9.89. The average molecular weight is 462 g/mol. The Hall–Kier alpha value is -2.12. The number of carbonyl (C=O) groups is 1. The smallest absolute Gasteiger partial charge is 0.257 e. The predicted molar refractivity (Wildman–Crippen MR) is 122 cm³/mol. The van der Waals surface area contributed by atoms with E-state index >= 15 is 0 Å². The van der Waals surface area contributed by atoms with Gasteiger partial charge in [-0.1, -0.05) is 12.1 Å². The largest absolute Gasteiger partial charge is 0.493 e. The minimum Gasteiger partial charge on any atom is -0.493 e. The minimum absolute atomic E-state index is 0.267. The highest BCUT2D eigenvalue weighted by Crippen LogP contribution is 2.28. The quantitative estimate of drug-likeness (QED) is 0.615. The predicted octanol–water partition coefficient (Wildman–Crippen LogP) is 4.96. The Labute approximate surface area is 179 Å². The molecule has 0 saturated carbocycles. The van der Waals surface area contributed by atoms with Crippen molar-refractivity contribution in [3.8, 4) is 5.75 Å². The first kappa shape index (κ1) is 20.6. The van der Waals surface area contributed by atoms with Crippen LogP contribution in [0, 0.1) is 0 Å². The van der Waals surface area contributed by atoms with Crippen LogP contribution in [0.2, 0.25) is 0 Å². The lowest BCUT2D eigenvalue weighted by atomic mass is 10.1. The van der Waals surface area contributed by atoms with E-state index in [0.29, 0.717) is 17.9 Å². The number of para-hydroxylation sites is 2. The van der Waals surface area contributed by atoms with Crippen molar-refractivity contribution < 1.29 is 9.53 Å². The average Bonchev–Trinajstić information content (AvgIpc) is 2.70. The molecule has 0 atom stereocenters. The lowest BCUT2D eigenvalue weighted by Gasteiger charge is -2.30. The number of thiocarbonyl (C=S) groups is 1. The number of halogens is 1. The zero-order valence-corrected chi connectivity index (χ0v) is 18.2.